The van der Waals surface area contributed by atoms with Crippen molar-refractivity contribution in [1.29, 1.82) is 0 Å². The Kier molecular flexibility index (Phi) is 7.69. The summed E-state index contributed by atoms with van der Waals surface area (Å²) in [5.41, 5.74) is 4.78. The molecule has 0 radical (unpaired) electrons. The van der Waals surface area contributed by atoms with Crippen LogP contribution in [0.2, 0.25) is 0 Å². The molecule has 2 unspecified atom stereocenters. The summed E-state index contributed by atoms with van der Waals surface area (Å²) >= 11 is 2.02. The quantitative estimate of drug-likeness (QED) is 0.616. The zero-order valence-corrected chi connectivity index (χ0v) is 10.6. The first-order valence-corrected chi connectivity index (χ1v) is 6.60. The monoisotopic (exact) mass is 219 g/mol. The molecule has 3 N–H and O–H groups in total. The highest BCUT2D eigenvalue weighted by Gasteiger charge is 2.16. The molecule has 0 aromatic rings. The molecule has 0 amide bonds. The highest BCUT2D eigenvalue weighted by atomic mass is 32.2. The minimum absolute atomic E-state index is 0.367. The molecule has 0 saturated carbocycles. The summed E-state index contributed by atoms with van der Waals surface area (Å²) in [6, 6.07) is 0. The van der Waals surface area contributed by atoms with Gasteiger partial charge in [0.15, 0.2) is 0 Å². The Morgan fingerprint density at radius 2 is 2.07 bits per heavy atom. The molecule has 2 nitrogen and oxygen atoms in total. The standard InChI is InChI=1S/C11H25NOS/c1-4-10(2)14-8-6-5-7-11(3,13)9-12/h10,13H,4-9,12H2,1-3H3. The van der Waals surface area contributed by atoms with Gasteiger partial charge in [-0.15, -0.1) is 0 Å². The van der Waals surface area contributed by atoms with Crippen LogP contribution in [0, 0.1) is 0 Å². The summed E-state index contributed by atoms with van der Waals surface area (Å²) in [7, 11) is 0. The topological polar surface area (TPSA) is 46.2 Å². The Morgan fingerprint density at radius 3 is 2.57 bits per heavy atom. The average molecular weight is 219 g/mol. The molecule has 0 fully saturated rings. The van der Waals surface area contributed by atoms with Crippen LogP contribution in [0.3, 0.4) is 0 Å². The molecule has 3 heteroatoms. The second kappa shape index (κ2) is 7.55. The van der Waals surface area contributed by atoms with Crippen molar-refractivity contribution in [3.8, 4) is 0 Å². The van der Waals surface area contributed by atoms with E-state index in [4.69, 9.17) is 5.73 Å². The van der Waals surface area contributed by atoms with Crippen molar-refractivity contribution < 1.29 is 5.11 Å². The molecular weight excluding hydrogens is 194 g/mol. The van der Waals surface area contributed by atoms with Gasteiger partial charge in [0.05, 0.1) is 5.60 Å². The summed E-state index contributed by atoms with van der Waals surface area (Å²) in [5.74, 6) is 1.20. The minimum Gasteiger partial charge on any atom is -0.389 e. The molecule has 0 heterocycles. The number of thioether (sulfide) groups is 1. The SMILES string of the molecule is CCC(C)SCCCCC(C)(O)CN. The molecule has 86 valence electrons. The van der Waals surface area contributed by atoms with E-state index in [1.54, 1.807) is 0 Å². The zero-order valence-electron chi connectivity index (χ0n) is 9.75. The molecule has 0 rings (SSSR count). The van der Waals surface area contributed by atoms with Crippen LogP contribution in [0.5, 0.6) is 0 Å². The number of nitrogens with two attached hydrogens (primary N) is 1. The molecule has 0 aliphatic rings. The predicted molar refractivity (Wildman–Crippen MR) is 65.7 cm³/mol. The van der Waals surface area contributed by atoms with E-state index in [2.05, 4.69) is 13.8 Å². The lowest BCUT2D eigenvalue weighted by atomic mass is 10.00. The van der Waals surface area contributed by atoms with Gasteiger partial charge in [-0.25, -0.2) is 0 Å². The van der Waals surface area contributed by atoms with E-state index in [0.29, 0.717) is 6.54 Å². The van der Waals surface area contributed by atoms with Gasteiger partial charge in [-0.3, -0.25) is 0 Å². The van der Waals surface area contributed by atoms with Gasteiger partial charge in [-0.2, -0.15) is 11.8 Å². The minimum atomic E-state index is -0.652. The fraction of sp³-hybridized carbons (Fsp3) is 1.00. The fourth-order valence-electron chi connectivity index (χ4n) is 1.11. The maximum atomic E-state index is 9.65. The lowest BCUT2D eigenvalue weighted by Gasteiger charge is -2.20. The number of hydrogen-bond acceptors (Lipinski definition) is 3. The molecule has 0 spiro atoms. The largest absolute Gasteiger partial charge is 0.389 e. The Labute approximate surface area is 92.6 Å². The third-order valence-corrected chi connectivity index (χ3v) is 3.95. The third-order valence-electron chi connectivity index (χ3n) is 2.53. The second-order valence-electron chi connectivity index (χ2n) is 4.25. The molecule has 0 saturated heterocycles. The number of unbranched alkanes of at least 4 members (excludes halogenated alkanes) is 1. The van der Waals surface area contributed by atoms with Crippen LogP contribution in [-0.2, 0) is 0 Å². The van der Waals surface area contributed by atoms with Crippen molar-refractivity contribution in [1.82, 2.24) is 0 Å². The molecule has 0 aliphatic heterocycles. The first-order chi connectivity index (χ1) is 6.52. The lowest BCUT2D eigenvalue weighted by molar-refractivity contribution is 0.0577. The molecule has 14 heavy (non-hydrogen) atoms. The summed E-state index contributed by atoms with van der Waals surface area (Å²) in [4.78, 5) is 0. The molecular formula is C11H25NOS. The molecule has 0 aromatic heterocycles. The van der Waals surface area contributed by atoms with Gasteiger partial charge in [0.25, 0.3) is 0 Å². The van der Waals surface area contributed by atoms with Gasteiger partial charge in [0.1, 0.15) is 0 Å². The normalized spacial score (nSPS) is 17.8. The van der Waals surface area contributed by atoms with Crippen LogP contribution >= 0.6 is 11.8 Å². The van der Waals surface area contributed by atoms with E-state index in [1.807, 2.05) is 18.7 Å². The van der Waals surface area contributed by atoms with Gasteiger partial charge in [-0.1, -0.05) is 13.8 Å². The van der Waals surface area contributed by atoms with Crippen LogP contribution in [0.4, 0.5) is 0 Å². The van der Waals surface area contributed by atoms with Crippen LogP contribution in [0.1, 0.15) is 46.5 Å². The summed E-state index contributed by atoms with van der Waals surface area (Å²) in [6.45, 7) is 6.66. The maximum absolute atomic E-state index is 9.65. The van der Waals surface area contributed by atoms with Crippen LogP contribution in [-0.4, -0.2) is 28.3 Å². The van der Waals surface area contributed by atoms with Crippen LogP contribution < -0.4 is 5.73 Å². The van der Waals surface area contributed by atoms with Gasteiger partial charge in [-0.05, 0) is 38.4 Å². The molecule has 0 aliphatic carbocycles. The number of aliphatic hydroxyl groups is 1. The maximum Gasteiger partial charge on any atom is 0.0741 e. The van der Waals surface area contributed by atoms with Gasteiger partial charge in [0.2, 0.25) is 0 Å². The molecule has 0 aromatic carbocycles. The summed E-state index contributed by atoms with van der Waals surface area (Å²) in [6.07, 6.45) is 4.33. The van der Waals surface area contributed by atoms with Crippen molar-refractivity contribution in [2.24, 2.45) is 5.73 Å². The lowest BCUT2D eigenvalue weighted by Crippen LogP contribution is -2.33. The Morgan fingerprint density at radius 1 is 1.43 bits per heavy atom. The van der Waals surface area contributed by atoms with Crippen molar-refractivity contribution in [3.05, 3.63) is 0 Å². The van der Waals surface area contributed by atoms with Crippen molar-refractivity contribution in [2.75, 3.05) is 12.3 Å². The fourth-order valence-corrected chi connectivity index (χ4v) is 2.12. The molecule has 2 atom stereocenters. The van der Waals surface area contributed by atoms with Gasteiger partial charge < -0.3 is 10.8 Å². The van der Waals surface area contributed by atoms with E-state index in [1.165, 1.54) is 18.6 Å². The Hall–Kier alpha value is 0.270. The third kappa shape index (κ3) is 7.65. The Bertz CT molecular complexity index is 139. The highest BCUT2D eigenvalue weighted by molar-refractivity contribution is 7.99. The molecule has 0 bridgehead atoms. The highest BCUT2D eigenvalue weighted by Crippen LogP contribution is 2.18. The van der Waals surface area contributed by atoms with Gasteiger partial charge in [0, 0.05) is 11.8 Å². The zero-order chi connectivity index (χ0) is 11.0. The summed E-state index contributed by atoms with van der Waals surface area (Å²) < 4.78 is 0. The number of rotatable bonds is 8. The van der Waals surface area contributed by atoms with Crippen LogP contribution in [0.25, 0.3) is 0 Å². The number of hydrogen-bond donors (Lipinski definition) is 2. The smallest absolute Gasteiger partial charge is 0.0741 e. The predicted octanol–water partition coefficient (Wildman–Crippen LogP) is 2.40. The van der Waals surface area contributed by atoms with E-state index in [0.717, 1.165) is 18.1 Å². The van der Waals surface area contributed by atoms with Crippen molar-refractivity contribution in [3.63, 3.8) is 0 Å². The van der Waals surface area contributed by atoms with E-state index in [-0.39, 0.29) is 0 Å². The first kappa shape index (κ1) is 14.3. The summed E-state index contributed by atoms with van der Waals surface area (Å²) in [5, 5.41) is 10.4. The average Bonchev–Trinajstić information content (AvgIpc) is 2.17. The van der Waals surface area contributed by atoms with E-state index in [9.17, 15) is 5.11 Å². The van der Waals surface area contributed by atoms with Gasteiger partial charge >= 0.3 is 0 Å². The Balaban J connectivity index is 3.30. The van der Waals surface area contributed by atoms with Crippen LogP contribution in [0.15, 0.2) is 0 Å². The van der Waals surface area contributed by atoms with Crippen molar-refractivity contribution >= 4 is 11.8 Å². The van der Waals surface area contributed by atoms with E-state index < -0.39 is 5.60 Å². The second-order valence-corrected chi connectivity index (χ2v) is 5.79. The van der Waals surface area contributed by atoms with Crippen molar-refractivity contribution in [2.45, 2.75) is 57.3 Å². The van der Waals surface area contributed by atoms with E-state index >= 15 is 0 Å². The first-order valence-electron chi connectivity index (χ1n) is 5.56.